The number of carbonyl (C=O) groups excluding carboxylic acids is 1. The molecule has 1 saturated heterocycles. The van der Waals surface area contributed by atoms with Gasteiger partial charge in [0.1, 0.15) is 12.1 Å². The van der Waals surface area contributed by atoms with Crippen molar-refractivity contribution >= 4 is 11.7 Å². The second-order valence-corrected chi connectivity index (χ2v) is 3.49. The molecule has 1 fully saturated rings. The van der Waals surface area contributed by atoms with Crippen molar-refractivity contribution in [3.8, 4) is 0 Å². The topological polar surface area (TPSA) is 58.1 Å². The van der Waals surface area contributed by atoms with Crippen LogP contribution in [0.15, 0.2) is 12.4 Å². The van der Waals surface area contributed by atoms with Crippen LogP contribution < -0.4 is 10.2 Å². The molecule has 0 atom stereocenters. The molecule has 0 spiro atoms. The second kappa shape index (κ2) is 4.25. The van der Waals surface area contributed by atoms with E-state index in [1.165, 1.54) is 0 Å². The zero-order valence-electron chi connectivity index (χ0n) is 8.73. The van der Waals surface area contributed by atoms with Crippen molar-refractivity contribution < 1.29 is 4.79 Å². The van der Waals surface area contributed by atoms with E-state index in [0.717, 1.165) is 24.5 Å². The highest BCUT2D eigenvalue weighted by Crippen LogP contribution is 2.11. The first-order chi connectivity index (χ1) is 7.29. The van der Waals surface area contributed by atoms with Gasteiger partial charge in [0.2, 0.25) is 5.91 Å². The molecule has 0 unspecified atom stereocenters. The summed E-state index contributed by atoms with van der Waals surface area (Å²) in [5.74, 6) is 0.898. The highest BCUT2D eigenvalue weighted by Gasteiger charge is 2.17. The molecule has 5 nitrogen and oxygen atoms in total. The van der Waals surface area contributed by atoms with E-state index < -0.39 is 0 Å². The van der Waals surface area contributed by atoms with E-state index in [0.29, 0.717) is 13.1 Å². The predicted octanol–water partition coefficient (Wildman–Crippen LogP) is -0.0248. The quantitative estimate of drug-likeness (QED) is 0.738. The van der Waals surface area contributed by atoms with Crippen LogP contribution in [0.2, 0.25) is 0 Å². The highest BCUT2D eigenvalue weighted by molar-refractivity contribution is 5.82. The molecule has 1 aliphatic rings. The van der Waals surface area contributed by atoms with Gasteiger partial charge in [-0.25, -0.2) is 9.97 Å². The minimum absolute atomic E-state index is 0.0536. The van der Waals surface area contributed by atoms with E-state index in [9.17, 15) is 4.79 Å². The van der Waals surface area contributed by atoms with Crippen LogP contribution in [-0.2, 0) is 11.2 Å². The molecular formula is C10H14N4O. The molecule has 0 saturated carbocycles. The predicted molar refractivity (Wildman–Crippen MR) is 56.6 cm³/mol. The monoisotopic (exact) mass is 206 g/mol. The fraction of sp³-hybridized carbons (Fsp3) is 0.500. The van der Waals surface area contributed by atoms with Gasteiger partial charge in [0.15, 0.2) is 0 Å². The third-order valence-electron chi connectivity index (χ3n) is 2.43. The Kier molecular flexibility index (Phi) is 2.80. The maximum Gasteiger partial charge on any atom is 0.239 e. The van der Waals surface area contributed by atoms with Crippen molar-refractivity contribution in [2.45, 2.75) is 13.3 Å². The third kappa shape index (κ3) is 2.23. The lowest BCUT2D eigenvalue weighted by Crippen LogP contribution is -2.48. The van der Waals surface area contributed by atoms with Crippen LogP contribution in [-0.4, -0.2) is 35.5 Å². The van der Waals surface area contributed by atoms with Gasteiger partial charge >= 0.3 is 0 Å². The van der Waals surface area contributed by atoms with Crippen molar-refractivity contribution in [3.05, 3.63) is 18.1 Å². The Morgan fingerprint density at radius 3 is 3.13 bits per heavy atom. The number of nitrogens with one attached hydrogen (secondary N) is 1. The Balaban J connectivity index is 2.17. The van der Waals surface area contributed by atoms with Gasteiger partial charge < -0.3 is 10.2 Å². The van der Waals surface area contributed by atoms with E-state index in [-0.39, 0.29) is 5.91 Å². The average molecular weight is 206 g/mol. The van der Waals surface area contributed by atoms with Gasteiger partial charge in [0, 0.05) is 24.8 Å². The smallest absolute Gasteiger partial charge is 0.239 e. The van der Waals surface area contributed by atoms with E-state index in [1.807, 2.05) is 11.0 Å². The molecule has 1 amide bonds. The number of nitrogens with zero attached hydrogens (tertiary/aromatic N) is 3. The van der Waals surface area contributed by atoms with E-state index in [1.54, 1.807) is 6.33 Å². The van der Waals surface area contributed by atoms with Crippen LogP contribution >= 0.6 is 0 Å². The summed E-state index contributed by atoms with van der Waals surface area (Å²) in [6.07, 6.45) is 2.44. The number of hydrogen-bond donors (Lipinski definition) is 1. The summed E-state index contributed by atoms with van der Waals surface area (Å²) in [7, 11) is 0. The number of piperazine rings is 1. The Morgan fingerprint density at radius 2 is 2.40 bits per heavy atom. The number of rotatable bonds is 2. The fourth-order valence-electron chi connectivity index (χ4n) is 1.59. The molecule has 0 aromatic carbocycles. The molecule has 0 aliphatic carbocycles. The van der Waals surface area contributed by atoms with Gasteiger partial charge in [0.05, 0.1) is 6.54 Å². The first-order valence-corrected chi connectivity index (χ1v) is 5.12. The minimum atomic E-state index is 0.0536. The number of aryl methyl sites for hydroxylation is 1. The number of aromatic nitrogens is 2. The molecule has 1 aromatic heterocycles. The standard InChI is InChI=1S/C10H14N4O/c1-2-8-5-9(13-7-12-8)14-4-3-11-10(15)6-14/h5,7H,2-4,6H2,1H3,(H,11,15). The van der Waals surface area contributed by atoms with Crippen molar-refractivity contribution in [2.75, 3.05) is 24.5 Å². The lowest BCUT2D eigenvalue weighted by molar-refractivity contribution is -0.120. The average Bonchev–Trinajstić information content (AvgIpc) is 2.29. The molecule has 1 N–H and O–H groups in total. The lowest BCUT2D eigenvalue weighted by atomic mass is 10.3. The van der Waals surface area contributed by atoms with Gasteiger partial charge in [-0.1, -0.05) is 6.92 Å². The Bertz CT molecular complexity index is 366. The van der Waals surface area contributed by atoms with Gasteiger partial charge in [-0.3, -0.25) is 4.79 Å². The fourth-order valence-corrected chi connectivity index (χ4v) is 1.59. The van der Waals surface area contributed by atoms with Crippen molar-refractivity contribution in [2.24, 2.45) is 0 Å². The summed E-state index contributed by atoms with van der Waals surface area (Å²) in [4.78, 5) is 21.5. The third-order valence-corrected chi connectivity index (χ3v) is 2.43. The zero-order valence-corrected chi connectivity index (χ0v) is 8.73. The number of hydrogen-bond acceptors (Lipinski definition) is 4. The van der Waals surface area contributed by atoms with Crippen LogP contribution in [0.5, 0.6) is 0 Å². The zero-order chi connectivity index (χ0) is 10.7. The molecule has 80 valence electrons. The maximum atomic E-state index is 11.2. The first kappa shape index (κ1) is 9.89. The van der Waals surface area contributed by atoms with Crippen LogP contribution in [0.25, 0.3) is 0 Å². The highest BCUT2D eigenvalue weighted by atomic mass is 16.2. The van der Waals surface area contributed by atoms with Crippen LogP contribution in [0.4, 0.5) is 5.82 Å². The second-order valence-electron chi connectivity index (χ2n) is 3.49. The number of amides is 1. The van der Waals surface area contributed by atoms with E-state index >= 15 is 0 Å². The summed E-state index contributed by atoms with van der Waals surface area (Å²) in [6.45, 7) is 3.94. The van der Waals surface area contributed by atoms with Gasteiger partial charge in [-0.2, -0.15) is 0 Å². The van der Waals surface area contributed by atoms with Crippen LogP contribution in [0.3, 0.4) is 0 Å². The molecule has 0 radical (unpaired) electrons. The summed E-state index contributed by atoms with van der Waals surface area (Å²) < 4.78 is 0. The molecule has 1 aromatic rings. The van der Waals surface area contributed by atoms with E-state index in [2.05, 4.69) is 22.2 Å². The van der Waals surface area contributed by atoms with Crippen molar-refractivity contribution in [1.82, 2.24) is 15.3 Å². The minimum Gasteiger partial charge on any atom is -0.353 e. The molecule has 15 heavy (non-hydrogen) atoms. The van der Waals surface area contributed by atoms with E-state index in [4.69, 9.17) is 0 Å². The molecular weight excluding hydrogens is 192 g/mol. The molecule has 1 aliphatic heterocycles. The summed E-state index contributed by atoms with van der Waals surface area (Å²) in [5, 5.41) is 2.79. The Hall–Kier alpha value is -1.65. The van der Waals surface area contributed by atoms with Gasteiger partial charge in [0.25, 0.3) is 0 Å². The Morgan fingerprint density at radius 1 is 1.53 bits per heavy atom. The van der Waals surface area contributed by atoms with Gasteiger partial charge in [-0.15, -0.1) is 0 Å². The number of anilines is 1. The van der Waals surface area contributed by atoms with Crippen LogP contribution in [0, 0.1) is 0 Å². The first-order valence-electron chi connectivity index (χ1n) is 5.12. The largest absolute Gasteiger partial charge is 0.353 e. The van der Waals surface area contributed by atoms with Crippen molar-refractivity contribution in [3.63, 3.8) is 0 Å². The summed E-state index contributed by atoms with van der Waals surface area (Å²) >= 11 is 0. The molecule has 5 heteroatoms. The van der Waals surface area contributed by atoms with Crippen LogP contribution in [0.1, 0.15) is 12.6 Å². The Labute approximate surface area is 88.5 Å². The SMILES string of the molecule is CCc1cc(N2CCNC(=O)C2)ncn1. The van der Waals surface area contributed by atoms with Gasteiger partial charge in [-0.05, 0) is 6.42 Å². The lowest BCUT2D eigenvalue weighted by Gasteiger charge is -2.27. The normalized spacial score (nSPS) is 16.3. The molecule has 2 rings (SSSR count). The molecule has 0 bridgehead atoms. The summed E-state index contributed by atoms with van der Waals surface area (Å²) in [5.41, 5.74) is 1.01. The molecule has 2 heterocycles. The van der Waals surface area contributed by atoms with Crippen molar-refractivity contribution in [1.29, 1.82) is 0 Å². The number of carbonyl (C=O) groups is 1. The summed E-state index contributed by atoms with van der Waals surface area (Å²) in [6, 6.07) is 1.94. The maximum absolute atomic E-state index is 11.2.